The van der Waals surface area contributed by atoms with Crippen molar-refractivity contribution in [2.45, 2.75) is 65.2 Å². The van der Waals surface area contributed by atoms with E-state index in [1.54, 1.807) is 31.2 Å². The van der Waals surface area contributed by atoms with E-state index in [1.807, 2.05) is 0 Å². The number of aryl methyl sites for hydroxylation is 1. The first-order valence-corrected chi connectivity index (χ1v) is 12.6. The molecule has 2 rings (SSSR count). The maximum Gasteiger partial charge on any atom is 0.342 e. The number of carbonyl (C=O) groups is 3. The number of halogens is 1. The van der Waals surface area contributed by atoms with Gasteiger partial charge in [-0.1, -0.05) is 61.4 Å². The van der Waals surface area contributed by atoms with Gasteiger partial charge in [0.2, 0.25) is 0 Å². The molecule has 0 bridgehead atoms. The zero-order valence-corrected chi connectivity index (χ0v) is 21.7. The Morgan fingerprint density at radius 1 is 0.882 bits per heavy atom. The topological polar surface area (TPSA) is 89.9 Å². The second-order valence-electron chi connectivity index (χ2n) is 8.10. The van der Waals surface area contributed by atoms with Gasteiger partial charge in [0.05, 0.1) is 19.3 Å². The van der Waals surface area contributed by atoms with E-state index < -0.39 is 17.7 Å². The Labute approximate surface area is 209 Å². The molecule has 6 nitrogen and oxygen atoms in total. The third-order valence-electron chi connectivity index (χ3n) is 5.65. The summed E-state index contributed by atoms with van der Waals surface area (Å²) in [5.74, 6) is -2.54. The highest BCUT2D eigenvalue weighted by molar-refractivity contribution is 9.10. The molecule has 0 spiro atoms. The van der Waals surface area contributed by atoms with Gasteiger partial charge in [-0.15, -0.1) is 0 Å². The standard InChI is InChI=1S/C27H33BrO6/c1-4-6-7-8-9-10-11-12-19-17-21(24(29)18-13-15-20(28)16-14-18)22(27(32)34-5-2)23(25(19)30)26(31)33-3/h13-17,30H,4-12H2,1-3H3. The fourth-order valence-corrected chi connectivity index (χ4v) is 4.11. The molecule has 0 unspecified atom stereocenters. The number of ketones is 1. The van der Waals surface area contributed by atoms with Gasteiger partial charge in [-0.25, -0.2) is 9.59 Å². The summed E-state index contributed by atoms with van der Waals surface area (Å²) < 4.78 is 10.8. The maximum atomic E-state index is 13.4. The summed E-state index contributed by atoms with van der Waals surface area (Å²) in [6.45, 7) is 3.85. The molecule has 0 aliphatic heterocycles. The van der Waals surface area contributed by atoms with Crippen LogP contribution in [0, 0.1) is 0 Å². The van der Waals surface area contributed by atoms with E-state index in [-0.39, 0.29) is 29.0 Å². The largest absolute Gasteiger partial charge is 0.507 e. The molecule has 0 fully saturated rings. The Balaban J connectivity index is 2.50. The zero-order chi connectivity index (χ0) is 25.1. The van der Waals surface area contributed by atoms with Crippen molar-refractivity contribution in [2.24, 2.45) is 0 Å². The second-order valence-corrected chi connectivity index (χ2v) is 9.02. The highest BCUT2D eigenvalue weighted by Gasteiger charge is 2.31. The number of rotatable bonds is 13. The van der Waals surface area contributed by atoms with Crippen LogP contribution in [0.4, 0.5) is 0 Å². The molecular weight excluding hydrogens is 500 g/mol. The minimum absolute atomic E-state index is 0.0110. The molecule has 184 valence electrons. The van der Waals surface area contributed by atoms with Crippen LogP contribution in [-0.2, 0) is 15.9 Å². The number of hydrogen-bond acceptors (Lipinski definition) is 6. The Bertz CT molecular complexity index is 997. The maximum absolute atomic E-state index is 13.4. The van der Waals surface area contributed by atoms with Crippen LogP contribution >= 0.6 is 15.9 Å². The molecule has 2 aromatic carbocycles. The normalized spacial score (nSPS) is 10.7. The molecule has 0 heterocycles. The van der Waals surface area contributed by atoms with Crippen LogP contribution in [0.2, 0.25) is 0 Å². The molecule has 7 heteroatoms. The molecule has 0 aromatic heterocycles. The quantitative estimate of drug-likeness (QED) is 0.176. The predicted octanol–water partition coefficient (Wildman–Crippen LogP) is 6.64. The molecule has 1 N–H and O–H groups in total. The van der Waals surface area contributed by atoms with Crippen LogP contribution in [0.3, 0.4) is 0 Å². The summed E-state index contributed by atoms with van der Waals surface area (Å²) in [6.07, 6.45) is 8.06. The minimum atomic E-state index is -0.896. The third kappa shape index (κ3) is 7.16. The fraction of sp³-hybridized carbons (Fsp3) is 0.444. The van der Waals surface area contributed by atoms with E-state index in [4.69, 9.17) is 9.47 Å². The Morgan fingerprint density at radius 3 is 2.09 bits per heavy atom. The van der Waals surface area contributed by atoms with Crippen molar-refractivity contribution >= 4 is 33.7 Å². The van der Waals surface area contributed by atoms with Crippen molar-refractivity contribution in [3.63, 3.8) is 0 Å². The molecule has 0 atom stereocenters. The lowest BCUT2D eigenvalue weighted by molar-refractivity contribution is 0.0499. The molecule has 2 aromatic rings. The van der Waals surface area contributed by atoms with Gasteiger partial charge in [-0.2, -0.15) is 0 Å². The third-order valence-corrected chi connectivity index (χ3v) is 6.18. The van der Waals surface area contributed by atoms with Crippen molar-refractivity contribution < 1.29 is 29.0 Å². The van der Waals surface area contributed by atoms with Gasteiger partial charge in [-0.3, -0.25) is 4.79 Å². The monoisotopic (exact) mass is 532 g/mol. The lowest BCUT2D eigenvalue weighted by Crippen LogP contribution is -2.20. The number of carbonyl (C=O) groups excluding carboxylic acids is 3. The lowest BCUT2D eigenvalue weighted by atomic mass is 9.89. The minimum Gasteiger partial charge on any atom is -0.507 e. The van der Waals surface area contributed by atoms with Crippen molar-refractivity contribution in [3.8, 4) is 5.75 Å². The molecule has 0 aliphatic rings. The number of phenols is 1. The number of methoxy groups -OCH3 is 1. The molecule has 0 amide bonds. The van der Waals surface area contributed by atoms with Crippen molar-refractivity contribution in [1.82, 2.24) is 0 Å². The Kier molecular flexibility index (Phi) is 11.3. The summed E-state index contributed by atoms with van der Waals surface area (Å²) in [5, 5.41) is 10.9. The SMILES string of the molecule is CCCCCCCCCc1cc(C(=O)c2ccc(Br)cc2)c(C(=O)OCC)c(C(=O)OC)c1O. The van der Waals surface area contributed by atoms with E-state index in [0.717, 1.165) is 37.3 Å². The summed E-state index contributed by atoms with van der Waals surface area (Å²) in [5.41, 5.74) is 0.181. The van der Waals surface area contributed by atoms with Gasteiger partial charge in [0.25, 0.3) is 0 Å². The van der Waals surface area contributed by atoms with E-state index in [1.165, 1.54) is 25.3 Å². The number of phenolic OH excluding ortho intramolecular Hbond substituents is 1. The van der Waals surface area contributed by atoms with E-state index in [0.29, 0.717) is 17.5 Å². The van der Waals surface area contributed by atoms with Gasteiger partial charge in [-0.05, 0) is 55.7 Å². The summed E-state index contributed by atoms with van der Waals surface area (Å²) in [7, 11) is 1.16. The molecule has 0 aliphatic carbocycles. The number of aromatic hydroxyl groups is 1. The average Bonchev–Trinajstić information content (AvgIpc) is 2.83. The number of ether oxygens (including phenoxy) is 2. The van der Waals surface area contributed by atoms with E-state index in [9.17, 15) is 19.5 Å². The zero-order valence-electron chi connectivity index (χ0n) is 20.1. The highest BCUT2D eigenvalue weighted by atomic mass is 79.9. The van der Waals surface area contributed by atoms with Crippen LogP contribution in [0.25, 0.3) is 0 Å². The van der Waals surface area contributed by atoms with Gasteiger partial charge in [0.1, 0.15) is 11.3 Å². The summed E-state index contributed by atoms with van der Waals surface area (Å²) >= 11 is 3.35. The lowest BCUT2D eigenvalue weighted by Gasteiger charge is -2.17. The Morgan fingerprint density at radius 2 is 1.50 bits per heavy atom. The van der Waals surface area contributed by atoms with E-state index >= 15 is 0 Å². The van der Waals surface area contributed by atoms with Crippen LogP contribution in [0.5, 0.6) is 5.75 Å². The molecular formula is C27H33BrO6. The van der Waals surface area contributed by atoms with Gasteiger partial charge in [0, 0.05) is 15.6 Å². The first-order valence-electron chi connectivity index (χ1n) is 11.8. The van der Waals surface area contributed by atoms with Crippen molar-refractivity contribution in [2.75, 3.05) is 13.7 Å². The molecule has 34 heavy (non-hydrogen) atoms. The first kappa shape index (κ1) is 27.6. The fourth-order valence-electron chi connectivity index (χ4n) is 3.84. The number of benzene rings is 2. The van der Waals surface area contributed by atoms with Gasteiger partial charge < -0.3 is 14.6 Å². The predicted molar refractivity (Wildman–Crippen MR) is 135 cm³/mol. The molecule has 0 radical (unpaired) electrons. The van der Waals surface area contributed by atoms with Crippen LogP contribution in [0.1, 0.15) is 101 Å². The number of unbranched alkanes of at least 4 members (excludes halogenated alkanes) is 6. The van der Waals surface area contributed by atoms with Gasteiger partial charge >= 0.3 is 11.9 Å². The van der Waals surface area contributed by atoms with Crippen LogP contribution in [0.15, 0.2) is 34.8 Å². The first-order chi connectivity index (χ1) is 16.3. The molecule has 0 saturated heterocycles. The highest BCUT2D eigenvalue weighted by Crippen LogP contribution is 2.33. The Hall–Kier alpha value is -2.67. The molecule has 0 saturated carbocycles. The average molecular weight is 533 g/mol. The van der Waals surface area contributed by atoms with E-state index in [2.05, 4.69) is 22.9 Å². The second kappa shape index (κ2) is 13.9. The number of esters is 2. The summed E-state index contributed by atoms with van der Waals surface area (Å²) in [6, 6.07) is 8.20. The van der Waals surface area contributed by atoms with Crippen molar-refractivity contribution in [3.05, 3.63) is 62.6 Å². The smallest absolute Gasteiger partial charge is 0.342 e. The summed E-state index contributed by atoms with van der Waals surface area (Å²) in [4.78, 5) is 38.9. The van der Waals surface area contributed by atoms with Crippen LogP contribution in [-0.4, -0.2) is 36.5 Å². The number of hydrogen-bond donors (Lipinski definition) is 1. The van der Waals surface area contributed by atoms with Crippen molar-refractivity contribution in [1.29, 1.82) is 0 Å². The van der Waals surface area contributed by atoms with Crippen LogP contribution < -0.4 is 0 Å². The van der Waals surface area contributed by atoms with Gasteiger partial charge in [0.15, 0.2) is 5.78 Å².